The van der Waals surface area contributed by atoms with E-state index in [1.54, 1.807) is 12.1 Å². The average molecular weight is 561 g/mol. The van der Waals surface area contributed by atoms with Crippen molar-refractivity contribution < 1.29 is 14.3 Å². The van der Waals surface area contributed by atoms with Crippen molar-refractivity contribution in [3.05, 3.63) is 84.6 Å². The molecule has 2 aromatic rings. The lowest BCUT2D eigenvalue weighted by Gasteiger charge is -2.42. The minimum absolute atomic E-state index is 0.103. The number of carbonyl (C=O) groups excluding carboxylic acids is 2. The lowest BCUT2D eigenvalue weighted by molar-refractivity contribution is -0.117. The molecular formula is C27H24BrCl2NO3. The summed E-state index contributed by atoms with van der Waals surface area (Å²) >= 11 is 16.8. The fraction of sp³-hybridized carbons (Fsp3) is 0.333. The van der Waals surface area contributed by atoms with E-state index in [2.05, 4.69) is 20.8 Å². The number of hydrogen-bond donors (Lipinski definition) is 0. The molecule has 1 heterocycles. The van der Waals surface area contributed by atoms with Gasteiger partial charge in [-0.1, -0.05) is 51.3 Å². The van der Waals surface area contributed by atoms with E-state index in [0.29, 0.717) is 35.2 Å². The van der Waals surface area contributed by atoms with E-state index in [-0.39, 0.29) is 11.6 Å². The molecule has 176 valence electrons. The fourth-order valence-corrected chi connectivity index (χ4v) is 6.18. The van der Waals surface area contributed by atoms with Gasteiger partial charge < -0.3 is 9.64 Å². The van der Waals surface area contributed by atoms with Gasteiger partial charge in [0.25, 0.3) is 0 Å². The number of nitrogens with zero attached hydrogens (tertiary/aromatic N) is 1. The van der Waals surface area contributed by atoms with Crippen molar-refractivity contribution in [2.75, 3.05) is 7.05 Å². The number of hydrogen-bond acceptors (Lipinski definition) is 4. The van der Waals surface area contributed by atoms with E-state index in [9.17, 15) is 9.59 Å². The molecule has 0 amide bonds. The van der Waals surface area contributed by atoms with Gasteiger partial charge in [0.15, 0.2) is 17.3 Å². The third kappa shape index (κ3) is 4.23. The summed E-state index contributed by atoms with van der Waals surface area (Å²) in [5.74, 6) is 0.172. The van der Waals surface area contributed by atoms with Crippen molar-refractivity contribution >= 4 is 50.7 Å². The molecule has 3 aliphatic rings. The van der Waals surface area contributed by atoms with Gasteiger partial charge in [-0.25, -0.2) is 0 Å². The second-order valence-corrected chi connectivity index (χ2v) is 10.7. The largest absolute Gasteiger partial charge is 0.486 e. The molecule has 0 unspecified atom stereocenters. The van der Waals surface area contributed by atoms with Crippen LogP contribution in [0.3, 0.4) is 0 Å². The van der Waals surface area contributed by atoms with Crippen LogP contribution in [0.5, 0.6) is 5.75 Å². The highest BCUT2D eigenvalue weighted by molar-refractivity contribution is 9.10. The van der Waals surface area contributed by atoms with Crippen LogP contribution in [0.15, 0.2) is 63.4 Å². The summed E-state index contributed by atoms with van der Waals surface area (Å²) in [5, 5.41) is 0.740. The molecule has 0 atom stereocenters. The highest BCUT2D eigenvalue weighted by Gasteiger charge is 2.42. The Labute approximate surface area is 217 Å². The molecule has 0 radical (unpaired) electrons. The molecule has 7 heteroatoms. The minimum atomic E-state index is -0.433. The van der Waals surface area contributed by atoms with Crippen LogP contribution in [-0.2, 0) is 16.2 Å². The van der Waals surface area contributed by atoms with E-state index in [1.807, 2.05) is 31.3 Å². The number of halogens is 3. The van der Waals surface area contributed by atoms with Gasteiger partial charge in [-0.05, 0) is 61.1 Å². The zero-order valence-electron chi connectivity index (χ0n) is 18.8. The summed E-state index contributed by atoms with van der Waals surface area (Å²) < 4.78 is 6.96. The zero-order valence-corrected chi connectivity index (χ0v) is 21.9. The zero-order chi connectivity index (χ0) is 24.0. The normalized spacial score (nSPS) is 18.9. The minimum Gasteiger partial charge on any atom is -0.486 e. The lowest BCUT2D eigenvalue weighted by atomic mass is 9.71. The second-order valence-electron chi connectivity index (χ2n) is 9.00. The Kier molecular flexibility index (Phi) is 6.62. The summed E-state index contributed by atoms with van der Waals surface area (Å²) in [6.45, 7) is 0.321. The topological polar surface area (TPSA) is 46.6 Å². The number of rotatable bonds is 4. The van der Waals surface area contributed by atoms with Gasteiger partial charge in [0, 0.05) is 52.8 Å². The van der Waals surface area contributed by atoms with Crippen LogP contribution < -0.4 is 4.74 Å². The molecule has 1 aliphatic heterocycles. The number of ketones is 2. The molecule has 0 bridgehead atoms. The first-order valence-corrected chi connectivity index (χ1v) is 13.0. The van der Waals surface area contributed by atoms with Gasteiger partial charge in [0.05, 0.1) is 10.0 Å². The Morgan fingerprint density at radius 2 is 1.44 bits per heavy atom. The van der Waals surface area contributed by atoms with E-state index in [1.165, 1.54) is 0 Å². The van der Waals surface area contributed by atoms with Crippen LogP contribution in [-0.4, -0.2) is 23.5 Å². The average Bonchev–Trinajstić information content (AvgIpc) is 2.81. The molecule has 34 heavy (non-hydrogen) atoms. The first-order chi connectivity index (χ1) is 16.3. The van der Waals surface area contributed by atoms with Crippen LogP contribution in [0.25, 0.3) is 0 Å². The van der Waals surface area contributed by atoms with Crippen molar-refractivity contribution in [3.8, 4) is 5.75 Å². The Hall–Kier alpha value is -2.08. The summed E-state index contributed by atoms with van der Waals surface area (Å²) in [7, 11) is 1.98. The lowest BCUT2D eigenvalue weighted by Crippen LogP contribution is -2.37. The molecule has 0 aromatic heterocycles. The maximum atomic E-state index is 13.1. The maximum absolute atomic E-state index is 13.1. The molecule has 0 saturated heterocycles. The molecule has 0 N–H and O–H groups in total. The molecule has 4 nitrogen and oxygen atoms in total. The highest BCUT2D eigenvalue weighted by atomic mass is 79.9. The van der Waals surface area contributed by atoms with Gasteiger partial charge in [-0.2, -0.15) is 0 Å². The van der Waals surface area contributed by atoms with Gasteiger partial charge >= 0.3 is 0 Å². The SMILES string of the molecule is CN1C2=C(C(=O)CCC2)C(c2cc(Cl)c(OCc3ccc(Br)cc3)c(Cl)c2)C2=C1CCCC2=O. The third-order valence-corrected chi connectivity index (χ3v) is 7.99. The van der Waals surface area contributed by atoms with Crippen LogP contribution in [0.4, 0.5) is 0 Å². The molecule has 2 aromatic carbocycles. The van der Waals surface area contributed by atoms with E-state index in [4.69, 9.17) is 27.9 Å². The van der Waals surface area contributed by atoms with E-state index >= 15 is 0 Å². The van der Waals surface area contributed by atoms with E-state index in [0.717, 1.165) is 63.8 Å². The number of ether oxygens (including phenoxy) is 1. The smallest absolute Gasteiger partial charge is 0.161 e. The van der Waals surface area contributed by atoms with Crippen molar-refractivity contribution in [1.29, 1.82) is 0 Å². The predicted octanol–water partition coefficient (Wildman–Crippen LogP) is 7.38. The molecule has 2 aliphatic carbocycles. The van der Waals surface area contributed by atoms with Gasteiger partial charge in [-0.3, -0.25) is 9.59 Å². The molecule has 0 saturated carbocycles. The van der Waals surface area contributed by atoms with Crippen molar-refractivity contribution in [3.63, 3.8) is 0 Å². The summed E-state index contributed by atoms with van der Waals surface area (Å²) in [5.41, 5.74) is 5.25. The Balaban J connectivity index is 1.55. The first kappa shape index (κ1) is 23.7. The number of allylic oxidation sites excluding steroid dienone is 4. The molecule has 0 fully saturated rings. The van der Waals surface area contributed by atoms with Crippen molar-refractivity contribution in [2.24, 2.45) is 0 Å². The predicted molar refractivity (Wildman–Crippen MR) is 137 cm³/mol. The monoisotopic (exact) mass is 559 g/mol. The number of Topliss-reactive ketones (excluding diaryl/α,β-unsaturated/α-hetero) is 2. The van der Waals surface area contributed by atoms with Crippen LogP contribution in [0.2, 0.25) is 10.0 Å². The van der Waals surface area contributed by atoms with Crippen LogP contribution in [0.1, 0.15) is 55.6 Å². The van der Waals surface area contributed by atoms with Crippen LogP contribution in [0, 0.1) is 0 Å². The number of benzene rings is 2. The molecule has 5 rings (SSSR count). The van der Waals surface area contributed by atoms with Crippen LogP contribution >= 0.6 is 39.1 Å². The van der Waals surface area contributed by atoms with Crippen molar-refractivity contribution in [1.82, 2.24) is 4.90 Å². The first-order valence-electron chi connectivity index (χ1n) is 11.5. The fourth-order valence-electron chi connectivity index (χ4n) is 5.31. The molecule has 0 spiro atoms. The van der Waals surface area contributed by atoms with Crippen molar-refractivity contribution in [2.45, 2.75) is 51.0 Å². The Morgan fingerprint density at radius 1 is 0.912 bits per heavy atom. The summed E-state index contributed by atoms with van der Waals surface area (Å²) in [6, 6.07) is 11.4. The van der Waals surface area contributed by atoms with Gasteiger partial charge in [-0.15, -0.1) is 0 Å². The quantitative estimate of drug-likeness (QED) is 0.391. The Bertz CT molecular complexity index is 1180. The van der Waals surface area contributed by atoms with E-state index < -0.39 is 5.92 Å². The molecular weight excluding hydrogens is 537 g/mol. The number of carbonyl (C=O) groups is 2. The summed E-state index contributed by atoms with van der Waals surface area (Å²) in [4.78, 5) is 28.4. The van der Waals surface area contributed by atoms with Gasteiger partial charge in [0.1, 0.15) is 6.61 Å². The maximum Gasteiger partial charge on any atom is 0.161 e. The highest BCUT2D eigenvalue weighted by Crippen LogP contribution is 2.50. The van der Waals surface area contributed by atoms with Gasteiger partial charge in [0.2, 0.25) is 0 Å². The summed E-state index contributed by atoms with van der Waals surface area (Å²) in [6.07, 6.45) is 4.31. The Morgan fingerprint density at radius 3 is 1.97 bits per heavy atom. The standard InChI is InChI=1S/C27H24BrCl2NO3/c1-31-20-4-2-6-22(32)25(20)24(26-21(31)5-3-7-23(26)33)16-12-18(29)27(19(30)13-16)34-14-15-8-10-17(28)11-9-15/h8-13,24H,2-7,14H2,1H3. The third-order valence-electron chi connectivity index (χ3n) is 6.89. The second kappa shape index (κ2) is 9.52.